The number of rotatable bonds is 7. The molecule has 0 aliphatic carbocycles. The number of carbonyl (C=O) groups is 1. The molecule has 6 nitrogen and oxygen atoms in total. The Kier molecular flexibility index (Phi) is 9.21. The van der Waals surface area contributed by atoms with Crippen molar-refractivity contribution in [1.82, 2.24) is 14.9 Å². The second-order valence-electron chi connectivity index (χ2n) is 7.28. The molecular weight excluding hydrogens is 386 g/mol. The summed E-state index contributed by atoms with van der Waals surface area (Å²) in [7, 11) is -1.69. The molecule has 1 aliphatic rings. The van der Waals surface area contributed by atoms with E-state index in [1.165, 1.54) is 0 Å². The van der Waals surface area contributed by atoms with E-state index in [-0.39, 0.29) is 31.3 Å². The molecular formula is C19H32ClN3O3S. The molecule has 0 saturated carbocycles. The standard InChI is InChI=1S/C19H31N3O3S.ClH/c1-14-10-15(2)19(16(3)11-14)26(24,25)21-8-7-18(23)22-9-5-6-17(13-22)12-20-4;/h10-11,17,20-21H,5-9,12-13H2,1-4H3;1H. The minimum absolute atomic E-state index is 0. The van der Waals surface area contributed by atoms with Crippen LogP contribution in [0.25, 0.3) is 0 Å². The molecule has 0 spiro atoms. The summed E-state index contributed by atoms with van der Waals surface area (Å²) in [6, 6.07) is 3.73. The zero-order valence-electron chi connectivity index (χ0n) is 16.7. The number of sulfonamides is 1. The monoisotopic (exact) mass is 417 g/mol. The molecule has 8 heteroatoms. The average Bonchev–Trinajstić information content (AvgIpc) is 2.53. The lowest BCUT2D eigenvalue weighted by atomic mass is 9.98. The van der Waals surface area contributed by atoms with E-state index in [9.17, 15) is 13.2 Å². The summed E-state index contributed by atoms with van der Waals surface area (Å²) in [6.07, 6.45) is 2.32. The van der Waals surface area contributed by atoms with Gasteiger partial charge in [-0.1, -0.05) is 17.7 Å². The highest BCUT2D eigenvalue weighted by Gasteiger charge is 2.24. The predicted molar refractivity (Wildman–Crippen MR) is 111 cm³/mol. The number of nitrogens with zero attached hydrogens (tertiary/aromatic N) is 1. The van der Waals surface area contributed by atoms with Gasteiger partial charge in [0, 0.05) is 26.1 Å². The van der Waals surface area contributed by atoms with E-state index in [1.54, 1.807) is 13.8 Å². The van der Waals surface area contributed by atoms with Crippen molar-refractivity contribution in [3.8, 4) is 0 Å². The molecule has 1 aliphatic heterocycles. The predicted octanol–water partition coefficient (Wildman–Crippen LogP) is 2.16. The van der Waals surface area contributed by atoms with Crippen LogP contribution < -0.4 is 10.0 Å². The summed E-state index contributed by atoms with van der Waals surface area (Å²) < 4.78 is 27.9. The van der Waals surface area contributed by atoms with Crippen LogP contribution in [0.15, 0.2) is 17.0 Å². The molecule has 0 radical (unpaired) electrons. The van der Waals surface area contributed by atoms with Gasteiger partial charge in [0.1, 0.15) is 0 Å². The number of carbonyl (C=O) groups excluding carboxylic acids is 1. The second kappa shape index (κ2) is 10.4. The van der Waals surface area contributed by atoms with Gasteiger partial charge in [0.15, 0.2) is 0 Å². The van der Waals surface area contributed by atoms with Gasteiger partial charge in [-0.15, -0.1) is 12.4 Å². The summed E-state index contributed by atoms with van der Waals surface area (Å²) >= 11 is 0. The molecule has 1 fully saturated rings. The Bertz CT molecular complexity index is 728. The van der Waals surface area contributed by atoms with Gasteiger partial charge < -0.3 is 10.2 Å². The third-order valence-electron chi connectivity index (χ3n) is 4.87. The number of hydrogen-bond acceptors (Lipinski definition) is 4. The van der Waals surface area contributed by atoms with Gasteiger partial charge in [0.2, 0.25) is 15.9 Å². The van der Waals surface area contributed by atoms with E-state index in [0.29, 0.717) is 10.8 Å². The number of amides is 1. The van der Waals surface area contributed by atoms with E-state index in [2.05, 4.69) is 10.0 Å². The fourth-order valence-electron chi connectivity index (χ4n) is 3.86. The summed E-state index contributed by atoms with van der Waals surface area (Å²) in [5, 5.41) is 3.16. The van der Waals surface area contributed by atoms with Crippen LogP contribution >= 0.6 is 12.4 Å². The van der Waals surface area contributed by atoms with Crippen LogP contribution in [0.3, 0.4) is 0 Å². The maximum atomic E-state index is 12.6. The Morgan fingerprint density at radius 1 is 1.22 bits per heavy atom. The lowest BCUT2D eigenvalue weighted by Crippen LogP contribution is -2.43. The van der Waals surface area contributed by atoms with Gasteiger partial charge in [-0.3, -0.25) is 4.79 Å². The molecule has 2 N–H and O–H groups in total. The molecule has 1 atom stereocenters. The molecule has 1 unspecified atom stereocenters. The van der Waals surface area contributed by atoms with Crippen molar-refractivity contribution in [2.75, 3.05) is 33.2 Å². The summed E-state index contributed by atoms with van der Waals surface area (Å²) in [5.41, 5.74) is 2.50. The highest BCUT2D eigenvalue weighted by Crippen LogP contribution is 2.21. The fourth-order valence-corrected chi connectivity index (χ4v) is 5.34. The highest BCUT2D eigenvalue weighted by atomic mass is 35.5. The van der Waals surface area contributed by atoms with Crippen molar-refractivity contribution in [3.63, 3.8) is 0 Å². The normalized spacial score (nSPS) is 17.5. The first-order valence-corrected chi connectivity index (χ1v) is 10.7. The number of piperidine rings is 1. The van der Waals surface area contributed by atoms with Crippen molar-refractivity contribution < 1.29 is 13.2 Å². The Morgan fingerprint density at radius 3 is 2.44 bits per heavy atom. The highest BCUT2D eigenvalue weighted by molar-refractivity contribution is 7.89. The van der Waals surface area contributed by atoms with Crippen LogP contribution in [-0.2, 0) is 14.8 Å². The van der Waals surface area contributed by atoms with Crippen LogP contribution in [0.1, 0.15) is 36.0 Å². The first kappa shape index (κ1) is 23.9. The second-order valence-corrected chi connectivity index (χ2v) is 8.99. The van der Waals surface area contributed by atoms with Gasteiger partial charge in [0.25, 0.3) is 0 Å². The minimum Gasteiger partial charge on any atom is -0.342 e. The SMILES string of the molecule is CNCC1CCCN(C(=O)CCNS(=O)(=O)c2c(C)cc(C)cc2C)C1.Cl. The quantitative estimate of drug-likeness (QED) is 0.712. The van der Waals surface area contributed by atoms with Crippen LogP contribution in [-0.4, -0.2) is 52.5 Å². The average molecular weight is 418 g/mol. The van der Waals surface area contributed by atoms with E-state index in [1.807, 2.05) is 31.0 Å². The van der Waals surface area contributed by atoms with Crippen LogP contribution in [0.4, 0.5) is 0 Å². The molecule has 2 rings (SSSR count). The topological polar surface area (TPSA) is 78.5 Å². The number of likely N-dealkylation sites (tertiary alicyclic amines) is 1. The van der Waals surface area contributed by atoms with Crippen LogP contribution in [0, 0.1) is 26.7 Å². The molecule has 1 aromatic rings. The third kappa shape index (κ3) is 6.45. The Hall–Kier alpha value is -1.15. The van der Waals surface area contributed by atoms with Crippen molar-refractivity contribution in [2.45, 2.75) is 44.9 Å². The fraction of sp³-hybridized carbons (Fsp3) is 0.632. The van der Waals surface area contributed by atoms with Gasteiger partial charge in [-0.25, -0.2) is 13.1 Å². The first-order chi connectivity index (χ1) is 12.2. The Balaban J connectivity index is 0.00000364. The summed E-state index contributed by atoms with van der Waals surface area (Å²) in [5.74, 6) is 0.498. The van der Waals surface area contributed by atoms with Crippen molar-refractivity contribution >= 4 is 28.3 Å². The van der Waals surface area contributed by atoms with E-state index < -0.39 is 10.0 Å². The molecule has 0 bridgehead atoms. The smallest absolute Gasteiger partial charge is 0.241 e. The molecule has 154 valence electrons. The van der Waals surface area contributed by atoms with Crippen molar-refractivity contribution in [1.29, 1.82) is 0 Å². The Labute approximate surface area is 169 Å². The molecule has 1 saturated heterocycles. The molecule has 1 amide bonds. The van der Waals surface area contributed by atoms with E-state index in [0.717, 1.165) is 49.2 Å². The van der Waals surface area contributed by atoms with Gasteiger partial charge in [-0.05, 0) is 64.3 Å². The molecule has 1 heterocycles. The zero-order chi connectivity index (χ0) is 19.3. The third-order valence-corrected chi connectivity index (χ3v) is 6.63. The number of aryl methyl sites for hydroxylation is 3. The molecule has 27 heavy (non-hydrogen) atoms. The van der Waals surface area contributed by atoms with Crippen molar-refractivity contribution in [3.05, 3.63) is 28.8 Å². The first-order valence-electron chi connectivity index (χ1n) is 9.24. The summed E-state index contributed by atoms with van der Waals surface area (Å²) in [6.45, 7) is 8.10. The minimum atomic E-state index is -3.61. The molecule has 1 aromatic carbocycles. The van der Waals surface area contributed by atoms with Gasteiger partial charge >= 0.3 is 0 Å². The van der Waals surface area contributed by atoms with Gasteiger partial charge in [0.05, 0.1) is 4.90 Å². The van der Waals surface area contributed by atoms with Crippen LogP contribution in [0.5, 0.6) is 0 Å². The van der Waals surface area contributed by atoms with Crippen LogP contribution in [0.2, 0.25) is 0 Å². The number of hydrogen-bond donors (Lipinski definition) is 2. The van der Waals surface area contributed by atoms with Gasteiger partial charge in [-0.2, -0.15) is 0 Å². The zero-order valence-corrected chi connectivity index (χ0v) is 18.3. The largest absolute Gasteiger partial charge is 0.342 e. The maximum absolute atomic E-state index is 12.6. The van der Waals surface area contributed by atoms with Crippen molar-refractivity contribution in [2.24, 2.45) is 5.92 Å². The van der Waals surface area contributed by atoms with E-state index >= 15 is 0 Å². The number of benzene rings is 1. The summed E-state index contributed by atoms with van der Waals surface area (Å²) in [4.78, 5) is 14.6. The number of halogens is 1. The Morgan fingerprint density at radius 2 is 1.85 bits per heavy atom. The van der Waals surface area contributed by atoms with E-state index in [4.69, 9.17) is 0 Å². The lowest BCUT2D eigenvalue weighted by molar-refractivity contribution is -0.132. The molecule has 0 aromatic heterocycles. The maximum Gasteiger partial charge on any atom is 0.241 e. The number of nitrogens with one attached hydrogen (secondary N) is 2. The lowest BCUT2D eigenvalue weighted by Gasteiger charge is -2.32.